The molecule has 0 aromatic heterocycles. The quantitative estimate of drug-likeness (QED) is 0.842. The summed E-state index contributed by atoms with van der Waals surface area (Å²) in [5.74, 6) is 0.590. The summed E-state index contributed by atoms with van der Waals surface area (Å²) in [6, 6.07) is 6.64. The molecule has 1 aromatic carbocycles. The summed E-state index contributed by atoms with van der Waals surface area (Å²) >= 11 is 0. The molecular formula is C15H21NO4. The van der Waals surface area contributed by atoms with E-state index in [2.05, 4.69) is 5.32 Å². The molecule has 0 radical (unpaired) electrons. The molecule has 0 aliphatic heterocycles. The van der Waals surface area contributed by atoms with Gasteiger partial charge in [-0.1, -0.05) is 12.1 Å². The Bertz CT molecular complexity index is 465. The molecule has 110 valence electrons. The molecular weight excluding hydrogens is 258 g/mol. The van der Waals surface area contributed by atoms with Crippen molar-refractivity contribution in [2.45, 2.75) is 39.3 Å². The average Bonchev–Trinajstić information content (AvgIpc) is 2.34. The molecule has 0 saturated heterocycles. The van der Waals surface area contributed by atoms with E-state index in [4.69, 9.17) is 9.47 Å². The van der Waals surface area contributed by atoms with E-state index in [-0.39, 0.29) is 6.04 Å². The highest BCUT2D eigenvalue weighted by Crippen LogP contribution is 2.12. The van der Waals surface area contributed by atoms with E-state index < -0.39 is 11.7 Å². The summed E-state index contributed by atoms with van der Waals surface area (Å²) in [5, 5.41) is 2.68. The van der Waals surface area contributed by atoms with Crippen molar-refractivity contribution in [1.29, 1.82) is 0 Å². The lowest BCUT2D eigenvalue weighted by Crippen LogP contribution is -2.40. The molecule has 0 fully saturated rings. The molecule has 0 bridgehead atoms. The van der Waals surface area contributed by atoms with Gasteiger partial charge in [0.15, 0.2) is 0 Å². The van der Waals surface area contributed by atoms with Crippen molar-refractivity contribution >= 4 is 12.4 Å². The van der Waals surface area contributed by atoms with Gasteiger partial charge in [0.2, 0.25) is 0 Å². The molecule has 5 nitrogen and oxygen atoms in total. The Morgan fingerprint density at radius 3 is 2.70 bits per heavy atom. The van der Waals surface area contributed by atoms with Crippen molar-refractivity contribution in [2.75, 3.05) is 6.61 Å². The van der Waals surface area contributed by atoms with Gasteiger partial charge < -0.3 is 14.8 Å². The Morgan fingerprint density at radius 2 is 2.10 bits per heavy atom. The van der Waals surface area contributed by atoms with Crippen LogP contribution in [0.25, 0.3) is 0 Å². The first-order valence-electron chi connectivity index (χ1n) is 6.48. The second-order valence-corrected chi connectivity index (χ2v) is 5.55. The normalized spacial score (nSPS) is 12.4. The minimum Gasteiger partial charge on any atom is -0.491 e. The number of carbonyl (C=O) groups excluding carboxylic acids is 2. The molecule has 0 heterocycles. The number of carbonyl (C=O) groups is 2. The number of nitrogens with one attached hydrogen (secondary N) is 1. The highest BCUT2D eigenvalue weighted by Gasteiger charge is 2.17. The topological polar surface area (TPSA) is 64.6 Å². The summed E-state index contributed by atoms with van der Waals surface area (Å²) in [4.78, 5) is 22.2. The van der Waals surface area contributed by atoms with E-state index in [1.807, 2.05) is 6.92 Å². The largest absolute Gasteiger partial charge is 0.491 e. The Hall–Kier alpha value is -2.04. The predicted molar refractivity (Wildman–Crippen MR) is 76.2 cm³/mol. The third kappa shape index (κ3) is 6.22. The first-order valence-corrected chi connectivity index (χ1v) is 6.48. The Labute approximate surface area is 119 Å². The van der Waals surface area contributed by atoms with Gasteiger partial charge in [-0.25, -0.2) is 4.79 Å². The predicted octanol–water partition coefficient (Wildman–Crippen LogP) is 2.79. The van der Waals surface area contributed by atoms with Crippen LogP contribution in [-0.2, 0) is 4.74 Å². The summed E-state index contributed by atoms with van der Waals surface area (Å²) in [7, 11) is 0. The van der Waals surface area contributed by atoms with Crippen LogP contribution in [0.3, 0.4) is 0 Å². The molecule has 5 heteroatoms. The number of amides is 1. The molecule has 20 heavy (non-hydrogen) atoms. The van der Waals surface area contributed by atoms with Crippen LogP contribution in [0.5, 0.6) is 5.75 Å². The van der Waals surface area contributed by atoms with Crippen LogP contribution in [0, 0.1) is 0 Å². The second kappa shape index (κ2) is 6.93. The van der Waals surface area contributed by atoms with Crippen molar-refractivity contribution in [3.8, 4) is 5.75 Å². The molecule has 0 unspecified atom stereocenters. The molecule has 1 amide bonds. The van der Waals surface area contributed by atoms with Crippen LogP contribution in [0.15, 0.2) is 24.3 Å². The lowest BCUT2D eigenvalue weighted by molar-refractivity contribution is 0.0494. The first-order chi connectivity index (χ1) is 9.30. The van der Waals surface area contributed by atoms with Gasteiger partial charge in [0.25, 0.3) is 0 Å². The van der Waals surface area contributed by atoms with Gasteiger partial charge in [-0.2, -0.15) is 0 Å². The molecule has 1 N–H and O–H groups in total. The second-order valence-electron chi connectivity index (χ2n) is 5.55. The van der Waals surface area contributed by atoms with E-state index >= 15 is 0 Å². The highest BCUT2D eigenvalue weighted by atomic mass is 16.6. The van der Waals surface area contributed by atoms with Gasteiger partial charge in [-0.15, -0.1) is 0 Å². The zero-order valence-electron chi connectivity index (χ0n) is 12.3. The van der Waals surface area contributed by atoms with E-state index in [1.165, 1.54) is 0 Å². The Morgan fingerprint density at radius 1 is 1.40 bits per heavy atom. The van der Waals surface area contributed by atoms with E-state index in [0.717, 1.165) is 6.29 Å². The number of ether oxygens (including phenoxy) is 2. The fourth-order valence-corrected chi connectivity index (χ4v) is 1.45. The molecule has 1 aromatic rings. The Kier molecular flexibility index (Phi) is 5.55. The van der Waals surface area contributed by atoms with Crippen LogP contribution in [-0.4, -0.2) is 30.6 Å². The maximum absolute atomic E-state index is 11.5. The minimum absolute atomic E-state index is 0.204. The molecule has 1 atom stereocenters. The van der Waals surface area contributed by atoms with Crippen molar-refractivity contribution in [2.24, 2.45) is 0 Å². The maximum atomic E-state index is 11.5. The average molecular weight is 279 g/mol. The van der Waals surface area contributed by atoms with Gasteiger partial charge in [0.05, 0.1) is 6.04 Å². The number of rotatable bonds is 5. The fraction of sp³-hybridized carbons (Fsp3) is 0.467. The third-order valence-corrected chi connectivity index (χ3v) is 2.26. The summed E-state index contributed by atoms with van der Waals surface area (Å²) < 4.78 is 10.7. The Balaban J connectivity index is 2.41. The minimum atomic E-state index is -0.525. The highest BCUT2D eigenvalue weighted by molar-refractivity contribution is 5.75. The number of benzene rings is 1. The molecule has 0 spiro atoms. The van der Waals surface area contributed by atoms with Gasteiger partial charge in [-0.3, -0.25) is 4.79 Å². The number of aldehydes is 1. The van der Waals surface area contributed by atoms with E-state index in [1.54, 1.807) is 45.0 Å². The van der Waals surface area contributed by atoms with Gasteiger partial charge in [0, 0.05) is 5.56 Å². The lowest BCUT2D eigenvalue weighted by Gasteiger charge is -2.22. The van der Waals surface area contributed by atoms with Gasteiger partial charge in [-0.05, 0) is 39.8 Å². The van der Waals surface area contributed by atoms with Crippen LogP contribution in [0.2, 0.25) is 0 Å². The monoisotopic (exact) mass is 279 g/mol. The molecule has 0 aliphatic carbocycles. The summed E-state index contributed by atoms with van der Waals surface area (Å²) in [6.07, 6.45) is 0.283. The molecule has 0 saturated carbocycles. The van der Waals surface area contributed by atoms with Gasteiger partial charge >= 0.3 is 6.09 Å². The zero-order valence-corrected chi connectivity index (χ0v) is 12.3. The van der Waals surface area contributed by atoms with Crippen molar-refractivity contribution in [3.05, 3.63) is 29.8 Å². The van der Waals surface area contributed by atoms with Crippen LogP contribution in [0.4, 0.5) is 4.79 Å². The van der Waals surface area contributed by atoms with E-state index in [9.17, 15) is 9.59 Å². The standard InChI is InChI=1S/C15H21NO4/c1-11(16-14(18)20-15(2,3)4)10-19-13-7-5-6-12(8-13)9-17/h5-9,11H,10H2,1-4H3,(H,16,18)/t11-/m0/s1. The van der Waals surface area contributed by atoms with Crippen molar-refractivity contribution in [1.82, 2.24) is 5.32 Å². The van der Waals surface area contributed by atoms with E-state index in [0.29, 0.717) is 17.9 Å². The van der Waals surface area contributed by atoms with Crippen molar-refractivity contribution in [3.63, 3.8) is 0 Å². The fourth-order valence-electron chi connectivity index (χ4n) is 1.45. The summed E-state index contributed by atoms with van der Waals surface area (Å²) in [5.41, 5.74) is 0.0263. The van der Waals surface area contributed by atoms with Crippen LogP contribution < -0.4 is 10.1 Å². The van der Waals surface area contributed by atoms with Crippen LogP contribution >= 0.6 is 0 Å². The summed E-state index contributed by atoms with van der Waals surface area (Å²) in [6.45, 7) is 7.52. The van der Waals surface area contributed by atoms with Gasteiger partial charge in [0.1, 0.15) is 24.2 Å². The molecule has 1 rings (SSSR count). The number of hydrogen-bond donors (Lipinski definition) is 1. The lowest BCUT2D eigenvalue weighted by atomic mass is 10.2. The van der Waals surface area contributed by atoms with Crippen LogP contribution in [0.1, 0.15) is 38.1 Å². The number of alkyl carbamates (subject to hydrolysis) is 1. The smallest absolute Gasteiger partial charge is 0.407 e. The maximum Gasteiger partial charge on any atom is 0.407 e. The number of hydrogen-bond acceptors (Lipinski definition) is 4. The van der Waals surface area contributed by atoms with Crippen molar-refractivity contribution < 1.29 is 19.1 Å². The first kappa shape index (κ1) is 16.0. The third-order valence-electron chi connectivity index (χ3n) is 2.26. The zero-order chi connectivity index (χ0) is 15.2. The molecule has 0 aliphatic rings. The SMILES string of the molecule is C[C@@H](COc1cccc(C=O)c1)NC(=O)OC(C)(C)C.